The maximum atomic E-state index is 6.22. The summed E-state index contributed by atoms with van der Waals surface area (Å²) in [4.78, 5) is 1.32. The van der Waals surface area contributed by atoms with Crippen LogP contribution < -0.4 is 0 Å². The Bertz CT molecular complexity index is 432. The molecule has 20 heavy (non-hydrogen) atoms. The van der Waals surface area contributed by atoms with Crippen molar-refractivity contribution in [1.82, 2.24) is 0 Å². The second kappa shape index (κ2) is 7.48. The normalized spacial score (nSPS) is 13.6. The topological polar surface area (TPSA) is 9.23 Å². The van der Waals surface area contributed by atoms with Gasteiger partial charge in [0.2, 0.25) is 0 Å². The van der Waals surface area contributed by atoms with E-state index in [1.54, 1.807) is 0 Å². The predicted octanol–water partition coefficient (Wildman–Crippen LogP) is 5.75. The minimum Gasteiger partial charge on any atom is -0.413 e. The smallest absolute Gasteiger partial charge is 0.192 e. The number of benzene rings is 1. The molecule has 0 bridgehead atoms. The van der Waals surface area contributed by atoms with Gasteiger partial charge in [-0.25, -0.2) is 0 Å². The molecular formula is C17H28OSSi. The van der Waals surface area contributed by atoms with Gasteiger partial charge in [0.05, 0.1) is 6.61 Å². The summed E-state index contributed by atoms with van der Waals surface area (Å²) >= 11 is 1.87. The first-order chi connectivity index (χ1) is 9.22. The first-order valence-corrected chi connectivity index (χ1v) is 11.1. The minimum atomic E-state index is -1.62. The Kier molecular flexibility index (Phi) is 6.56. The first kappa shape index (κ1) is 17.5. The number of rotatable bonds is 6. The maximum Gasteiger partial charge on any atom is 0.192 e. The van der Waals surface area contributed by atoms with Gasteiger partial charge in [-0.1, -0.05) is 50.6 Å². The van der Waals surface area contributed by atoms with Crippen molar-refractivity contribution in [2.24, 2.45) is 0 Å². The van der Waals surface area contributed by atoms with Gasteiger partial charge < -0.3 is 4.43 Å². The lowest BCUT2D eigenvalue weighted by molar-refractivity contribution is 0.318. The second-order valence-electron chi connectivity index (χ2n) is 6.72. The molecule has 0 saturated heterocycles. The van der Waals surface area contributed by atoms with Crippen molar-refractivity contribution in [3.05, 3.63) is 42.0 Å². The van der Waals surface area contributed by atoms with Crippen LogP contribution in [0.15, 0.2) is 46.9 Å². The molecule has 0 aliphatic carbocycles. The zero-order valence-electron chi connectivity index (χ0n) is 13.7. The fraction of sp³-hybridized carbons (Fsp3) is 0.529. The van der Waals surface area contributed by atoms with Crippen LogP contribution >= 0.6 is 11.8 Å². The summed E-state index contributed by atoms with van der Waals surface area (Å²) in [6, 6.07) is 10.5. The van der Waals surface area contributed by atoms with Crippen LogP contribution in [0.1, 0.15) is 27.7 Å². The lowest BCUT2D eigenvalue weighted by atomic mass is 10.2. The fourth-order valence-corrected chi connectivity index (χ4v) is 3.30. The van der Waals surface area contributed by atoms with Crippen molar-refractivity contribution in [1.29, 1.82) is 0 Å². The Morgan fingerprint density at radius 2 is 1.80 bits per heavy atom. The quantitative estimate of drug-likeness (QED) is 0.376. The molecule has 0 spiro atoms. The summed E-state index contributed by atoms with van der Waals surface area (Å²) in [5, 5.41) is 0.284. The molecule has 0 fully saturated rings. The van der Waals surface area contributed by atoms with Crippen LogP contribution in [0, 0.1) is 0 Å². The van der Waals surface area contributed by atoms with Crippen LogP contribution in [-0.4, -0.2) is 20.7 Å². The van der Waals surface area contributed by atoms with E-state index in [9.17, 15) is 0 Å². The van der Waals surface area contributed by atoms with Crippen LogP contribution in [0.5, 0.6) is 0 Å². The van der Waals surface area contributed by atoms with E-state index in [2.05, 4.69) is 77.2 Å². The van der Waals surface area contributed by atoms with Crippen LogP contribution in [0.3, 0.4) is 0 Å². The highest BCUT2D eigenvalue weighted by Gasteiger charge is 2.36. The lowest BCUT2D eigenvalue weighted by Crippen LogP contribution is -2.41. The van der Waals surface area contributed by atoms with E-state index in [-0.39, 0.29) is 5.04 Å². The van der Waals surface area contributed by atoms with Gasteiger partial charge in [-0.2, -0.15) is 0 Å². The number of thioether (sulfide) groups is 1. The summed E-state index contributed by atoms with van der Waals surface area (Å²) in [6.45, 7) is 14.4. The Labute approximate surface area is 129 Å². The Balaban J connectivity index is 2.39. The predicted molar refractivity (Wildman–Crippen MR) is 94.1 cm³/mol. The van der Waals surface area contributed by atoms with E-state index >= 15 is 0 Å². The Morgan fingerprint density at radius 1 is 1.20 bits per heavy atom. The highest BCUT2D eigenvalue weighted by molar-refractivity contribution is 7.99. The second-order valence-corrected chi connectivity index (χ2v) is 12.6. The molecule has 0 aliphatic heterocycles. The van der Waals surface area contributed by atoms with Crippen molar-refractivity contribution < 1.29 is 4.43 Å². The summed E-state index contributed by atoms with van der Waals surface area (Å²) < 4.78 is 6.22. The van der Waals surface area contributed by atoms with Gasteiger partial charge in [0.25, 0.3) is 0 Å². The van der Waals surface area contributed by atoms with Crippen LogP contribution in [0.4, 0.5) is 0 Å². The molecule has 1 aromatic rings. The summed E-state index contributed by atoms with van der Waals surface area (Å²) in [6.07, 6.45) is 2.28. The van der Waals surface area contributed by atoms with Gasteiger partial charge in [-0.05, 0) is 37.2 Å². The number of hydrogen-bond donors (Lipinski definition) is 0. The molecule has 3 heteroatoms. The van der Waals surface area contributed by atoms with Gasteiger partial charge in [-0.15, -0.1) is 11.8 Å². The van der Waals surface area contributed by atoms with Crippen LogP contribution in [0.2, 0.25) is 18.1 Å². The summed E-state index contributed by atoms with van der Waals surface area (Å²) in [7, 11) is -1.62. The van der Waals surface area contributed by atoms with Gasteiger partial charge in [0.1, 0.15) is 0 Å². The molecule has 1 nitrogen and oxygen atoms in total. The van der Waals surface area contributed by atoms with Crippen molar-refractivity contribution in [3.8, 4) is 0 Å². The Hall–Kier alpha value is -0.513. The highest BCUT2D eigenvalue weighted by atomic mass is 32.2. The first-order valence-electron chi connectivity index (χ1n) is 7.20. The van der Waals surface area contributed by atoms with Crippen LogP contribution in [0.25, 0.3) is 0 Å². The summed E-state index contributed by atoms with van der Waals surface area (Å²) in [5.74, 6) is 1.01. The average molecular weight is 309 g/mol. The zero-order chi connectivity index (χ0) is 15.2. The average Bonchev–Trinajstić information content (AvgIpc) is 2.36. The van der Waals surface area contributed by atoms with E-state index in [4.69, 9.17) is 4.43 Å². The third kappa shape index (κ3) is 5.86. The van der Waals surface area contributed by atoms with E-state index in [1.807, 2.05) is 11.8 Å². The molecule has 0 unspecified atom stereocenters. The molecule has 0 N–H and O–H groups in total. The van der Waals surface area contributed by atoms with Crippen molar-refractivity contribution in [2.45, 2.75) is 50.7 Å². The molecule has 0 atom stereocenters. The Morgan fingerprint density at radius 3 is 2.35 bits per heavy atom. The molecule has 0 radical (unpaired) electrons. The molecular weight excluding hydrogens is 280 g/mol. The molecule has 0 saturated carbocycles. The van der Waals surface area contributed by atoms with E-state index in [1.165, 1.54) is 10.5 Å². The molecule has 112 valence electrons. The van der Waals surface area contributed by atoms with Crippen molar-refractivity contribution >= 4 is 20.1 Å². The lowest BCUT2D eigenvalue weighted by Gasteiger charge is -2.36. The van der Waals surface area contributed by atoms with Gasteiger partial charge in [-0.3, -0.25) is 0 Å². The minimum absolute atomic E-state index is 0.284. The molecule has 0 aliphatic rings. The highest BCUT2D eigenvalue weighted by Crippen LogP contribution is 2.36. The van der Waals surface area contributed by atoms with Gasteiger partial charge in [0.15, 0.2) is 8.32 Å². The largest absolute Gasteiger partial charge is 0.413 e. The standard InChI is InChI=1S/C17H28OSSi/c1-15(14-18-20(5,6)17(2,3)4)12-13-19-16-10-8-7-9-11-16/h7-12H,13-14H2,1-6H3/b15-12+. The zero-order valence-corrected chi connectivity index (χ0v) is 15.5. The molecule has 0 amide bonds. The van der Waals surface area contributed by atoms with E-state index in [0.29, 0.717) is 0 Å². The maximum absolute atomic E-state index is 6.22. The van der Waals surface area contributed by atoms with Crippen LogP contribution in [-0.2, 0) is 4.43 Å². The van der Waals surface area contributed by atoms with Gasteiger partial charge in [0, 0.05) is 10.6 Å². The van der Waals surface area contributed by atoms with Gasteiger partial charge >= 0.3 is 0 Å². The third-order valence-electron chi connectivity index (χ3n) is 3.89. The fourth-order valence-electron chi connectivity index (χ4n) is 1.37. The monoisotopic (exact) mass is 308 g/mol. The van der Waals surface area contributed by atoms with E-state index < -0.39 is 8.32 Å². The molecule has 1 aromatic carbocycles. The summed E-state index contributed by atoms with van der Waals surface area (Å²) in [5.41, 5.74) is 1.33. The number of hydrogen-bond acceptors (Lipinski definition) is 2. The van der Waals surface area contributed by atoms with E-state index in [0.717, 1.165) is 12.4 Å². The SMILES string of the molecule is C/C(=C\CSc1ccccc1)CO[Si](C)(C)C(C)(C)C. The van der Waals surface area contributed by atoms with Crippen molar-refractivity contribution in [3.63, 3.8) is 0 Å². The van der Waals surface area contributed by atoms with Crippen molar-refractivity contribution in [2.75, 3.05) is 12.4 Å². The third-order valence-corrected chi connectivity index (χ3v) is 9.31. The molecule has 0 heterocycles. The molecule has 1 rings (SSSR count). The molecule has 0 aromatic heterocycles.